The number of nitro groups is 1. The van der Waals surface area contributed by atoms with Crippen molar-refractivity contribution in [2.24, 2.45) is 20.5 Å². The number of hydrogen-bond acceptors (Lipinski definition) is 16. The summed E-state index contributed by atoms with van der Waals surface area (Å²) < 4.78 is 134. The molecule has 51 heavy (non-hydrogen) atoms. The molecule has 0 amide bonds. The van der Waals surface area contributed by atoms with Gasteiger partial charge in [0.05, 0.1) is 26.9 Å². The van der Waals surface area contributed by atoms with Crippen LogP contribution in [0.4, 0.5) is 34.1 Å². The number of nitrogens with two attached hydrogens (primary N) is 1. The fraction of sp³-hybridized carbons (Fsp3) is 0. The number of azo groups is 2. The maximum Gasteiger partial charge on any atom is 0.296 e. The van der Waals surface area contributed by atoms with Gasteiger partial charge in [-0.15, -0.1) is 20.5 Å². The average molecular weight is 783 g/mol. The highest BCUT2D eigenvalue weighted by molar-refractivity contribution is 7.86. The first kappa shape index (κ1) is 36.7. The predicted molar refractivity (Wildman–Crippen MR) is 175 cm³/mol. The summed E-state index contributed by atoms with van der Waals surface area (Å²) in [6, 6.07) is 9.62. The monoisotopic (exact) mass is 782 g/mol. The zero-order valence-electron chi connectivity index (χ0n) is 24.6. The Morgan fingerprint density at radius 3 is 1.69 bits per heavy atom. The predicted octanol–water partition coefficient (Wildman–Crippen LogP) is 5.01. The Bertz CT molecular complexity index is 2860. The summed E-state index contributed by atoms with van der Waals surface area (Å²) in [7, 11) is -20.0. The lowest BCUT2D eigenvalue weighted by atomic mass is 10.1. The summed E-state index contributed by atoms with van der Waals surface area (Å²) in [6.45, 7) is 0. The van der Waals surface area contributed by atoms with Gasteiger partial charge >= 0.3 is 0 Å². The molecule has 0 saturated carbocycles. The number of phenols is 1. The summed E-state index contributed by atoms with van der Waals surface area (Å²) in [5.41, 5.74) is 2.47. The van der Waals surface area contributed by atoms with Crippen LogP contribution >= 0.6 is 0 Å². The van der Waals surface area contributed by atoms with Crippen molar-refractivity contribution in [3.63, 3.8) is 0 Å². The van der Waals surface area contributed by atoms with E-state index in [4.69, 9.17) is 5.73 Å². The number of aromatic hydroxyl groups is 1. The number of anilines is 1. The summed E-state index contributed by atoms with van der Waals surface area (Å²) in [6.07, 6.45) is 0. The van der Waals surface area contributed by atoms with Gasteiger partial charge in [-0.25, -0.2) is 0 Å². The number of benzene rings is 5. The normalized spacial score (nSPS) is 13.1. The van der Waals surface area contributed by atoms with Gasteiger partial charge in [-0.2, -0.15) is 33.7 Å². The highest BCUT2D eigenvalue weighted by Crippen LogP contribution is 2.44. The topological polar surface area (TPSA) is 356 Å². The Morgan fingerprint density at radius 1 is 0.569 bits per heavy atom. The minimum atomic E-state index is -5.24. The van der Waals surface area contributed by atoms with Gasteiger partial charge in [0.25, 0.3) is 46.2 Å². The molecule has 0 radical (unpaired) electrons. The fourth-order valence-corrected chi connectivity index (χ4v) is 7.07. The van der Waals surface area contributed by atoms with Gasteiger partial charge in [0.15, 0.2) is 5.75 Å². The lowest BCUT2D eigenvalue weighted by Gasteiger charge is -2.11. The van der Waals surface area contributed by atoms with Crippen molar-refractivity contribution in [2.45, 2.75) is 19.6 Å². The zero-order valence-corrected chi connectivity index (χ0v) is 27.9. The van der Waals surface area contributed by atoms with Gasteiger partial charge in [-0.3, -0.25) is 28.3 Å². The summed E-state index contributed by atoms with van der Waals surface area (Å²) in [4.78, 5) is 6.89. The van der Waals surface area contributed by atoms with Crippen molar-refractivity contribution in [2.75, 3.05) is 5.73 Å². The van der Waals surface area contributed by atoms with E-state index >= 15 is 0 Å². The molecule has 0 unspecified atom stereocenters. The first-order valence-corrected chi connectivity index (χ1v) is 18.9. The van der Waals surface area contributed by atoms with Crippen LogP contribution in [0.25, 0.3) is 21.5 Å². The number of fused-ring (bicyclic) bond motifs is 2. The molecular weight excluding hydrogens is 765 g/mol. The van der Waals surface area contributed by atoms with Crippen molar-refractivity contribution in [1.82, 2.24) is 0 Å². The summed E-state index contributed by atoms with van der Waals surface area (Å²) in [5, 5.41) is 36.5. The number of hydrogen-bond donors (Lipinski definition) is 6. The molecule has 0 heterocycles. The smallest absolute Gasteiger partial charge is 0.296 e. The maximum absolute atomic E-state index is 12.3. The van der Waals surface area contributed by atoms with Crippen molar-refractivity contribution < 1.29 is 61.9 Å². The van der Waals surface area contributed by atoms with Crippen LogP contribution in [0.5, 0.6) is 5.75 Å². The molecule has 0 fully saturated rings. The number of phenolic OH excluding ortho intramolecular Hbond substituents is 1. The van der Waals surface area contributed by atoms with E-state index in [-0.39, 0.29) is 32.9 Å². The molecule has 0 aromatic heterocycles. The number of rotatable bonds is 9. The van der Waals surface area contributed by atoms with E-state index in [1.807, 2.05) is 0 Å². The Labute approximate surface area is 285 Å². The van der Waals surface area contributed by atoms with E-state index in [1.54, 1.807) is 0 Å². The lowest BCUT2D eigenvalue weighted by Crippen LogP contribution is -2.04. The standard InChI is InChI=1S/C26H18N6O15S4/c27-18-11-16-12(7-23(18)50(42,43)44)8-24(51(45,46)47)25(26(16)33)31-29-20-5-4-19(15-3-2-14(10-17(15)20)48(36,37)38)28-30-21-9-13(32(34)35)1-6-22(21)49(39,40)41/h1-11,33H,27H2,(H,36,37,38)(H,39,40,41)(H,42,43,44)(H,45,46,47)/b30-28+,31-29+. The van der Waals surface area contributed by atoms with E-state index < -0.39 is 93.5 Å². The minimum Gasteiger partial charge on any atom is -0.505 e. The first-order chi connectivity index (χ1) is 23.5. The lowest BCUT2D eigenvalue weighted by molar-refractivity contribution is -0.384. The molecule has 5 aromatic carbocycles. The molecule has 0 bridgehead atoms. The average Bonchev–Trinajstić information content (AvgIpc) is 3.01. The Balaban J connectivity index is 1.73. The second-order valence-corrected chi connectivity index (χ2v) is 15.8. The third-order valence-corrected chi connectivity index (χ3v) is 10.5. The van der Waals surface area contributed by atoms with Crippen LogP contribution in [0.15, 0.2) is 107 Å². The third kappa shape index (κ3) is 7.49. The third-order valence-electron chi connectivity index (χ3n) is 6.93. The molecular formula is C26H18N6O15S4. The van der Waals surface area contributed by atoms with E-state index in [2.05, 4.69) is 20.5 Å². The molecule has 266 valence electrons. The first-order valence-electron chi connectivity index (χ1n) is 13.1. The van der Waals surface area contributed by atoms with Crippen LogP contribution in [0, 0.1) is 10.1 Å². The van der Waals surface area contributed by atoms with Gasteiger partial charge in [0, 0.05) is 28.3 Å². The number of nitrogen functional groups attached to an aromatic ring is 1. The molecule has 21 nitrogen and oxygen atoms in total. The molecule has 0 aliphatic heterocycles. The largest absolute Gasteiger partial charge is 0.505 e. The van der Waals surface area contributed by atoms with Crippen molar-refractivity contribution in [1.29, 1.82) is 0 Å². The van der Waals surface area contributed by atoms with Gasteiger partial charge in [0.1, 0.15) is 26.1 Å². The van der Waals surface area contributed by atoms with E-state index in [9.17, 15) is 67.1 Å². The van der Waals surface area contributed by atoms with E-state index in [1.165, 1.54) is 0 Å². The minimum absolute atomic E-state index is 0.0373. The van der Waals surface area contributed by atoms with Crippen LogP contribution in [0.2, 0.25) is 0 Å². The molecule has 25 heteroatoms. The quantitative estimate of drug-likeness (QED) is 0.0376. The molecule has 5 aromatic rings. The van der Waals surface area contributed by atoms with Crippen LogP contribution < -0.4 is 5.73 Å². The van der Waals surface area contributed by atoms with Crippen molar-refractivity contribution >= 4 is 96.1 Å². The van der Waals surface area contributed by atoms with Gasteiger partial charge in [-0.1, -0.05) is 6.07 Å². The maximum atomic E-state index is 12.3. The molecule has 0 spiro atoms. The van der Waals surface area contributed by atoms with Crippen molar-refractivity contribution in [3.8, 4) is 5.75 Å². The second-order valence-electron chi connectivity index (χ2n) is 10.2. The highest BCUT2D eigenvalue weighted by atomic mass is 32.2. The second kappa shape index (κ2) is 12.7. The zero-order chi connectivity index (χ0) is 37.8. The fourth-order valence-electron chi connectivity index (χ4n) is 4.67. The van der Waals surface area contributed by atoms with E-state index in [0.717, 1.165) is 48.5 Å². The van der Waals surface area contributed by atoms with Crippen LogP contribution in [-0.2, 0) is 40.5 Å². The van der Waals surface area contributed by atoms with E-state index in [0.29, 0.717) is 18.2 Å². The SMILES string of the molecule is Nc1cc2c(O)c(/N=N/c3ccc(/N=N/c4cc([N+](=O)[O-])ccc4S(=O)(=O)O)c4ccc(S(=O)(=O)O)cc34)c(S(=O)(=O)O)cc2cc1S(=O)(=O)O. The van der Waals surface area contributed by atoms with Crippen LogP contribution in [-0.4, -0.2) is 61.9 Å². The van der Waals surface area contributed by atoms with Gasteiger partial charge in [0.2, 0.25) is 0 Å². The van der Waals surface area contributed by atoms with Crippen LogP contribution in [0.1, 0.15) is 0 Å². The van der Waals surface area contributed by atoms with Gasteiger partial charge < -0.3 is 10.8 Å². The Hall–Kier alpha value is -5.54. The Kier molecular flexibility index (Phi) is 9.11. The molecule has 0 saturated heterocycles. The molecule has 0 atom stereocenters. The highest BCUT2D eigenvalue weighted by Gasteiger charge is 2.25. The molecule has 0 aliphatic carbocycles. The summed E-state index contributed by atoms with van der Waals surface area (Å²) in [5.74, 6) is -0.989. The number of non-ortho nitro benzene ring substituents is 1. The summed E-state index contributed by atoms with van der Waals surface area (Å²) >= 11 is 0. The molecule has 5 rings (SSSR count). The number of nitro benzene ring substituents is 1. The number of nitrogens with zero attached hydrogens (tertiary/aromatic N) is 5. The van der Waals surface area contributed by atoms with Gasteiger partial charge in [-0.05, 0) is 53.9 Å². The molecule has 7 N–H and O–H groups in total. The Morgan fingerprint density at radius 2 is 1.12 bits per heavy atom. The molecule has 0 aliphatic rings. The van der Waals surface area contributed by atoms with Crippen LogP contribution in [0.3, 0.4) is 0 Å². The van der Waals surface area contributed by atoms with Crippen molar-refractivity contribution in [3.05, 3.63) is 76.8 Å².